The lowest BCUT2D eigenvalue weighted by molar-refractivity contribution is -0.137. The maximum Gasteiger partial charge on any atom is 0.416 e. The number of nitrogens with one attached hydrogen (secondary N) is 1. The molecular formula is C18H16ClF3N2O2. The molecule has 0 fully saturated rings. The Morgan fingerprint density at radius 3 is 2.50 bits per heavy atom. The first-order valence-corrected chi connectivity index (χ1v) is 8.18. The minimum atomic E-state index is -4.46. The molecule has 1 amide bonds. The third kappa shape index (κ3) is 3.78. The van der Waals surface area contributed by atoms with E-state index in [1.165, 1.54) is 0 Å². The van der Waals surface area contributed by atoms with E-state index in [2.05, 4.69) is 5.32 Å². The maximum absolute atomic E-state index is 12.6. The van der Waals surface area contributed by atoms with Gasteiger partial charge in [0.25, 0.3) is 5.91 Å². The van der Waals surface area contributed by atoms with Gasteiger partial charge in [0.15, 0.2) is 0 Å². The van der Waals surface area contributed by atoms with E-state index in [1.807, 2.05) is 0 Å². The molecule has 0 bridgehead atoms. The van der Waals surface area contributed by atoms with Crippen LogP contribution in [0, 0.1) is 0 Å². The number of alkyl halides is 3. The molecule has 0 aliphatic carbocycles. The number of hydrogen-bond acceptors (Lipinski definition) is 3. The Hall–Kier alpha value is -2.25. The van der Waals surface area contributed by atoms with E-state index in [1.54, 1.807) is 25.1 Å². The summed E-state index contributed by atoms with van der Waals surface area (Å²) in [6, 6.07) is 9.11. The number of carbonyl (C=O) groups is 1. The van der Waals surface area contributed by atoms with Crippen LogP contribution in [0.3, 0.4) is 0 Å². The number of carbonyl (C=O) groups excluding carboxylic acids is 1. The van der Waals surface area contributed by atoms with Crippen molar-refractivity contribution in [2.45, 2.75) is 31.3 Å². The number of rotatable bonds is 3. The molecule has 0 saturated carbocycles. The minimum absolute atomic E-state index is 0.0771. The number of benzene rings is 2. The van der Waals surface area contributed by atoms with Crippen LogP contribution in [0.25, 0.3) is 0 Å². The monoisotopic (exact) mass is 384 g/mol. The average molecular weight is 385 g/mol. The Balaban J connectivity index is 1.70. The predicted molar refractivity (Wildman–Crippen MR) is 91.1 cm³/mol. The summed E-state index contributed by atoms with van der Waals surface area (Å²) in [5.74, 6) is 0.0566. The third-order valence-electron chi connectivity index (χ3n) is 4.22. The van der Waals surface area contributed by atoms with Gasteiger partial charge in [-0.05, 0) is 55.0 Å². The van der Waals surface area contributed by atoms with Gasteiger partial charge in [0.1, 0.15) is 17.5 Å². The molecule has 0 saturated heterocycles. The summed E-state index contributed by atoms with van der Waals surface area (Å²) in [4.78, 5) is 12.4. The van der Waals surface area contributed by atoms with Crippen LogP contribution in [0.1, 0.15) is 28.4 Å². The average Bonchev–Trinajstić information content (AvgIpc) is 2.98. The lowest BCUT2D eigenvalue weighted by Gasteiger charge is -2.31. The lowest BCUT2D eigenvalue weighted by Crippen LogP contribution is -2.62. The Kier molecular flexibility index (Phi) is 4.62. The van der Waals surface area contributed by atoms with Crippen molar-refractivity contribution >= 4 is 17.5 Å². The number of halogens is 4. The molecule has 0 aromatic heterocycles. The normalized spacial score (nSPS) is 18.6. The largest absolute Gasteiger partial charge is 0.486 e. The molecule has 1 heterocycles. The molecule has 8 heteroatoms. The van der Waals surface area contributed by atoms with E-state index < -0.39 is 29.4 Å². The van der Waals surface area contributed by atoms with Gasteiger partial charge in [0.05, 0.1) is 5.56 Å². The summed E-state index contributed by atoms with van der Waals surface area (Å²) in [6.07, 6.45) is -4.53. The zero-order chi connectivity index (χ0) is 19.1. The van der Waals surface area contributed by atoms with Crippen molar-refractivity contribution in [3.8, 4) is 5.75 Å². The summed E-state index contributed by atoms with van der Waals surface area (Å²) >= 11 is 5.96. The highest BCUT2D eigenvalue weighted by Gasteiger charge is 2.38. The van der Waals surface area contributed by atoms with Gasteiger partial charge in [0.2, 0.25) is 0 Å². The van der Waals surface area contributed by atoms with E-state index in [-0.39, 0.29) is 5.56 Å². The van der Waals surface area contributed by atoms with Crippen LogP contribution in [0.4, 0.5) is 13.2 Å². The van der Waals surface area contributed by atoms with Crippen LogP contribution in [0.15, 0.2) is 42.5 Å². The quantitative estimate of drug-likeness (QED) is 0.792. The number of nitrogens with two attached hydrogens (primary N) is 1. The zero-order valence-electron chi connectivity index (χ0n) is 13.7. The second-order valence-electron chi connectivity index (χ2n) is 6.37. The van der Waals surface area contributed by atoms with Gasteiger partial charge in [-0.1, -0.05) is 11.6 Å². The van der Waals surface area contributed by atoms with Crippen molar-refractivity contribution in [3.63, 3.8) is 0 Å². The van der Waals surface area contributed by atoms with Crippen LogP contribution in [-0.4, -0.2) is 17.7 Å². The molecule has 2 aromatic carbocycles. The first-order chi connectivity index (χ1) is 12.1. The molecule has 0 spiro atoms. The highest BCUT2D eigenvalue weighted by atomic mass is 35.5. The summed E-state index contributed by atoms with van der Waals surface area (Å²) in [6.45, 7) is 1.59. The minimum Gasteiger partial charge on any atom is -0.486 e. The first kappa shape index (κ1) is 18.5. The van der Waals surface area contributed by atoms with Crippen LogP contribution in [0.5, 0.6) is 5.75 Å². The molecule has 2 aromatic rings. The van der Waals surface area contributed by atoms with Crippen molar-refractivity contribution in [2.75, 3.05) is 0 Å². The molecule has 26 heavy (non-hydrogen) atoms. The fraction of sp³-hybridized carbons (Fsp3) is 0.278. The topological polar surface area (TPSA) is 64.3 Å². The van der Waals surface area contributed by atoms with E-state index in [9.17, 15) is 18.0 Å². The van der Waals surface area contributed by atoms with Gasteiger partial charge in [-0.15, -0.1) is 0 Å². The molecule has 1 aliphatic rings. The highest BCUT2D eigenvalue weighted by molar-refractivity contribution is 6.30. The van der Waals surface area contributed by atoms with Crippen LogP contribution in [-0.2, 0) is 12.6 Å². The molecule has 3 N–H and O–H groups in total. The summed E-state index contributed by atoms with van der Waals surface area (Å²) in [5, 5.41) is 3.19. The highest BCUT2D eigenvalue weighted by Crippen LogP contribution is 2.34. The van der Waals surface area contributed by atoms with E-state index in [4.69, 9.17) is 22.1 Å². The number of amides is 1. The SMILES string of the molecule is CC(N)(NC(=O)c1ccc(C(F)(F)F)cc1)C1Cc2cc(Cl)ccc2O1. The lowest BCUT2D eigenvalue weighted by atomic mass is 10.00. The van der Waals surface area contributed by atoms with Crippen molar-refractivity contribution in [1.82, 2.24) is 5.32 Å². The van der Waals surface area contributed by atoms with Gasteiger partial charge < -0.3 is 15.8 Å². The molecular weight excluding hydrogens is 369 g/mol. The van der Waals surface area contributed by atoms with Gasteiger partial charge in [-0.2, -0.15) is 13.2 Å². The Labute approximate surface area is 153 Å². The maximum atomic E-state index is 12.6. The molecule has 1 aliphatic heterocycles. The van der Waals surface area contributed by atoms with Gasteiger partial charge >= 0.3 is 6.18 Å². The Bertz CT molecular complexity index is 835. The van der Waals surface area contributed by atoms with Crippen LogP contribution >= 0.6 is 11.6 Å². The molecule has 138 valence electrons. The van der Waals surface area contributed by atoms with Crippen molar-refractivity contribution in [3.05, 3.63) is 64.2 Å². The van der Waals surface area contributed by atoms with Gasteiger partial charge in [0, 0.05) is 17.0 Å². The molecule has 0 radical (unpaired) electrons. The molecule has 3 rings (SSSR count). The van der Waals surface area contributed by atoms with Crippen molar-refractivity contribution in [1.29, 1.82) is 0 Å². The van der Waals surface area contributed by atoms with E-state index in [0.717, 1.165) is 29.8 Å². The second-order valence-corrected chi connectivity index (χ2v) is 6.81. The van der Waals surface area contributed by atoms with Crippen molar-refractivity contribution in [2.24, 2.45) is 5.73 Å². The number of fused-ring (bicyclic) bond motifs is 1. The Morgan fingerprint density at radius 2 is 1.88 bits per heavy atom. The Morgan fingerprint density at radius 1 is 1.23 bits per heavy atom. The second kappa shape index (κ2) is 6.48. The summed E-state index contributed by atoms with van der Waals surface area (Å²) in [7, 11) is 0. The number of hydrogen-bond donors (Lipinski definition) is 2. The fourth-order valence-electron chi connectivity index (χ4n) is 2.76. The van der Waals surface area contributed by atoms with Gasteiger partial charge in [-0.3, -0.25) is 4.79 Å². The van der Waals surface area contributed by atoms with Crippen molar-refractivity contribution < 1.29 is 22.7 Å². The first-order valence-electron chi connectivity index (χ1n) is 7.80. The smallest absolute Gasteiger partial charge is 0.416 e. The standard InChI is InChI=1S/C18H16ClF3N2O2/c1-17(23,15-9-11-8-13(19)6-7-14(11)26-15)24-16(25)10-2-4-12(5-3-10)18(20,21)22/h2-8,15H,9,23H2,1H3,(H,24,25). The van der Waals surface area contributed by atoms with Crippen LogP contribution in [0.2, 0.25) is 5.02 Å². The fourth-order valence-corrected chi connectivity index (χ4v) is 2.95. The predicted octanol–water partition coefficient (Wildman–Crippen LogP) is 3.77. The van der Waals surface area contributed by atoms with E-state index in [0.29, 0.717) is 17.2 Å². The molecule has 2 unspecified atom stereocenters. The molecule has 2 atom stereocenters. The van der Waals surface area contributed by atoms with E-state index >= 15 is 0 Å². The molecule has 4 nitrogen and oxygen atoms in total. The third-order valence-corrected chi connectivity index (χ3v) is 4.46. The van der Waals surface area contributed by atoms with Gasteiger partial charge in [-0.25, -0.2) is 0 Å². The summed E-state index contributed by atoms with van der Waals surface area (Å²) < 4.78 is 43.6. The van der Waals surface area contributed by atoms with Crippen LogP contribution < -0.4 is 15.8 Å². The summed E-state index contributed by atoms with van der Waals surface area (Å²) in [5.41, 5.74) is 5.11. The zero-order valence-corrected chi connectivity index (χ0v) is 14.5. The number of ether oxygens (including phenoxy) is 1.